The monoisotopic (exact) mass is 410 g/mol. The number of hydrogen-bond acceptors (Lipinski definition) is 4. The van der Waals surface area contributed by atoms with E-state index in [-0.39, 0.29) is 33.9 Å². The van der Waals surface area contributed by atoms with Gasteiger partial charge in [0.2, 0.25) is 0 Å². The molecule has 0 bridgehead atoms. The number of benzene rings is 1. The fourth-order valence-corrected chi connectivity index (χ4v) is 8.58. The molecule has 5 rings (SSSR count). The zero-order chi connectivity index (χ0) is 21.3. The van der Waals surface area contributed by atoms with E-state index in [0.29, 0.717) is 29.2 Å². The van der Waals surface area contributed by atoms with E-state index in [9.17, 15) is 9.90 Å². The number of rotatable bonds is 2. The van der Waals surface area contributed by atoms with Crippen LogP contribution in [0.4, 0.5) is 0 Å². The summed E-state index contributed by atoms with van der Waals surface area (Å²) < 4.78 is 0. The smallest absolute Gasteiger partial charge is 0.166 e. The maximum Gasteiger partial charge on any atom is 0.166 e. The van der Waals surface area contributed by atoms with E-state index in [1.54, 1.807) is 18.2 Å². The molecule has 4 nitrogen and oxygen atoms in total. The van der Waals surface area contributed by atoms with Gasteiger partial charge in [-0.05, 0) is 99.0 Å². The molecule has 30 heavy (non-hydrogen) atoms. The number of phenolic OH excluding ortho intramolecular Hbond substituents is 1. The van der Waals surface area contributed by atoms with Gasteiger partial charge in [-0.2, -0.15) is 0 Å². The average molecular weight is 411 g/mol. The molecule has 5 N–H and O–H groups in total. The zero-order valence-corrected chi connectivity index (χ0v) is 18.6. The second-order valence-corrected chi connectivity index (χ2v) is 11.5. The van der Waals surface area contributed by atoms with Crippen LogP contribution in [-0.2, 0) is 0 Å². The van der Waals surface area contributed by atoms with E-state index < -0.39 is 0 Å². The Labute approximate surface area is 180 Å². The molecule has 4 heteroatoms. The quantitative estimate of drug-likeness (QED) is 0.620. The van der Waals surface area contributed by atoms with E-state index >= 15 is 0 Å². The molecule has 0 radical (unpaired) electrons. The lowest BCUT2D eigenvalue weighted by atomic mass is 9.44. The van der Waals surface area contributed by atoms with Crippen LogP contribution in [0.15, 0.2) is 24.3 Å². The molecule has 4 aliphatic carbocycles. The minimum Gasteiger partial charge on any atom is -0.508 e. The first kappa shape index (κ1) is 20.5. The Morgan fingerprint density at radius 1 is 1.03 bits per heavy atom. The first-order valence-corrected chi connectivity index (χ1v) is 12.1. The number of Topliss-reactive ketones (excluding diaryl/α,β-unsaturated/α-hetero) is 1. The normalized spacial score (nSPS) is 47.8. The van der Waals surface area contributed by atoms with Crippen molar-refractivity contribution in [1.82, 2.24) is 0 Å². The highest BCUT2D eigenvalue weighted by atomic mass is 16.3. The number of phenols is 1. The molecule has 0 aliphatic heterocycles. The number of nitrogens with two attached hydrogens (primary N) is 2. The lowest BCUT2D eigenvalue weighted by Crippen LogP contribution is -2.75. The predicted molar refractivity (Wildman–Crippen MR) is 119 cm³/mol. The number of fused-ring (bicyclic) bond motifs is 5. The molecule has 0 heterocycles. The van der Waals surface area contributed by atoms with Crippen LogP contribution < -0.4 is 11.5 Å². The second kappa shape index (κ2) is 6.80. The van der Waals surface area contributed by atoms with Crippen molar-refractivity contribution in [3.05, 3.63) is 29.8 Å². The van der Waals surface area contributed by atoms with Crippen LogP contribution in [0.1, 0.15) is 82.0 Å². The van der Waals surface area contributed by atoms with Gasteiger partial charge in [0.1, 0.15) is 5.75 Å². The van der Waals surface area contributed by atoms with E-state index in [1.807, 2.05) is 6.07 Å². The molecule has 0 aromatic heterocycles. The highest BCUT2D eigenvalue weighted by molar-refractivity contribution is 5.98. The van der Waals surface area contributed by atoms with Gasteiger partial charge in [-0.15, -0.1) is 0 Å². The van der Waals surface area contributed by atoms with Crippen molar-refractivity contribution in [3.63, 3.8) is 0 Å². The summed E-state index contributed by atoms with van der Waals surface area (Å²) in [6.45, 7) is 4.69. The molecule has 2 unspecified atom stereocenters. The summed E-state index contributed by atoms with van der Waals surface area (Å²) >= 11 is 0. The first-order valence-electron chi connectivity index (χ1n) is 12.1. The lowest BCUT2D eigenvalue weighted by molar-refractivity contribution is -0.0881. The number of carbonyl (C=O) groups is 1. The molecule has 164 valence electrons. The van der Waals surface area contributed by atoms with Crippen molar-refractivity contribution >= 4 is 5.78 Å². The van der Waals surface area contributed by atoms with Crippen molar-refractivity contribution in [2.24, 2.45) is 46.5 Å². The third-order valence-electron chi connectivity index (χ3n) is 10.2. The summed E-state index contributed by atoms with van der Waals surface area (Å²) in [4.78, 5) is 13.4. The highest BCUT2D eigenvalue weighted by Gasteiger charge is 2.64. The molecule has 0 amide bonds. The zero-order valence-electron chi connectivity index (χ0n) is 18.6. The molecule has 1 aromatic carbocycles. The van der Waals surface area contributed by atoms with Crippen molar-refractivity contribution in [2.75, 3.05) is 0 Å². The van der Waals surface area contributed by atoms with Gasteiger partial charge in [0, 0.05) is 22.6 Å². The van der Waals surface area contributed by atoms with Crippen LogP contribution in [0.2, 0.25) is 0 Å². The summed E-state index contributed by atoms with van der Waals surface area (Å²) in [5, 5.41) is 9.86. The van der Waals surface area contributed by atoms with E-state index in [1.165, 1.54) is 12.8 Å². The minimum absolute atomic E-state index is 0.0383. The molecule has 4 saturated carbocycles. The Morgan fingerprint density at radius 3 is 2.60 bits per heavy atom. The van der Waals surface area contributed by atoms with Crippen LogP contribution in [0, 0.1) is 35.0 Å². The average Bonchev–Trinajstić information content (AvgIpc) is 3.05. The summed E-state index contributed by atoms with van der Waals surface area (Å²) in [5.74, 6) is 2.77. The Morgan fingerprint density at radius 2 is 1.83 bits per heavy atom. The Balaban J connectivity index is 1.42. The number of carbonyl (C=O) groups excluding carboxylic acids is 1. The Bertz CT molecular complexity index is 855. The van der Waals surface area contributed by atoms with Gasteiger partial charge >= 0.3 is 0 Å². The fraction of sp³-hybridized carbons (Fsp3) is 0.731. The predicted octanol–water partition coefficient (Wildman–Crippen LogP) is 4.64. The summed E-state index contributed by atoms with van der Waals surface area (Å²) in [6.07, 6.45) is 9.77. The molecular weight excluding hydrogens is 372 g/mol. The standard InChI is InChI=1S/C26H38N2O2/c1-16-8-13-26(28)21-10-11-24(2)20(19(21)9-12-25(26,27)15-16)6-7-22(24)23(30)17-4-3-5-18(29)14-17/h3-5,14,16,19-22,29H,6-13,15,27-28H2,1-2H3/t16-,19-,20?,21?,22+,24-,25-,26-/m0/s1. The van der Waals surface area contributed by atoms with Crippen LogP contribution in [0.25, 0.3) is 0 Å². The van der Waals surface area contributed by atoms with Crippen LogP contribution in [-0.4, -0.2) is 22.0 Å². The van der Waals surface area contributed by atoms with Gasteiger partial charge in [-0.3, -0.25) is 4.79 Å². The van der Waals surface area contributed by atoms with E-state index in [2.05, 4.69) is 13.8 Å². The number of aromatic hydroxyl groups is 1. The van der Waals surface area contributed by atoms with Crippen molar-refractivity contribution in [2.45, 2.75) is 82.7 Å². The van der Waals surface area contributed by atoms with Gasteiger partial charge in [-0.25, -0.2) is 0 Å². The minimum atomic E-state index is -0.239. The maximum absolute atomic E-state index is 13.4. The SMILES string of the molecule is C[C@H]1CC[C@]2(N)C3CC[C@@]4(C)C(CC[C@@H]4C(=O)c4cccc(O)c4)[C@@H]3CC[C@]2(N)C1. The van der Waals surface area contributed by atoms with Crippen molar-refractivity contribution in [1.29, 1.82) is 0 Å². The van der Waals surface area contributed by atoms with Crippen LogP contribution in [0.3, 0.4) is 0 Å². The van der Waals surface area contributed by atoms with E-state index in [4.69, 9.17) is 11.5 Å². The Hall–Kier alpha value is -1.39. The third-order valence-corrected chi connectivity index (χ3v) is 10.2. The maximum atomic E-state index is 13.4. The van der Waals surface area contributed by atoms with E-state index in [0.717, 1.165) is 44.9 Å². The summed E-state index contributed by atoms with van der Waals surface area (Å²) in [5.41, 5.74) is 14.5. The molecule has 0 saturated heterocycles. The van der Waals surface area contributed by atoms with Gasteiger partial charge in [0.15, 0.2) is 5.78 Å². The topological polar surface area (TPSA) is 89.3 Å². The number of hydrogen-bond donors (Lipinski definition) is 3. The van der Waals surface area contributed by atoms with Crippen LogP contribution in [0.5, 0.6) is 5.75 Å². The number of ketones is 1. The third kappa shape index (κ3) is 2.75. The van der Waals surface area contributed by atoms with Gasteiger partial charge in [-0.1, -0.05) is 26.0 Å². The van der Waals surface area contributed by atoms with Gasteiger partial charge < -0.3 is 16.6 Å². The fourth-order valence-electron chi connectivity index (χ4n) is 8.58. The lowest BCUT2D eigenvalue weighted by Gasteiger charge is -2.64. The van der Waals surface area contributed by atoms with Gasteiger partial charge in [0.05, 0.1) is 0 Å². The van der Waals surface area contributed by atoms with Crippen molar-refractivity contribution in [3.8, 4) is 5.75 Å². The van der Waals surface area contributed by atoms with Gasteiger partial charge in [0.25, 0.3) is 0 Å². The molecule has 0 spiro atoms. The van der Waals surface area contributed by atoms with Crippen LogP contribution >= 0.6 is 0 Å². The van der Waals surface area contributed by atoms with Crippen molar-refractivity contribution < 1.29 is 9.90 Å². The molecular formula is C26H38N2O2. The summed E-state index contributed by atoms with van der Waals surface area (Å²) in [6, 6.07) is 6.89. The Kier molecular flexibility index (Phi) is 4.65. The largest absolute Gasteiger partial charge is 0.508 e. The molecule has 8 atom stereocenters. The molecule has 4 fully saturated rings. The highest BCUT2D eigenvalue weighted by Crippen LogP contribution is 2.65. The molecule has 4 aliphatic rings. The first-order chi connectivity index (χ1) is 14.2. The molecule has 1 aromatic rings. The summed E-state index contributed by atoms with van der Waals surface area (Å²) in [7, 11) is 0. The second-order valence-electron chi connectivity index (χ2n) is 11.5.